The predicted molar refractivity (Wildman–Crippen MR) is 93.1 cm³/mol. The van der Waals surface area contributed by atoms with Crippen LogP contribution in [-0.2, 0) is 11.3 Å². The average molecular weight is 308 g/mol. The average Bonchev–Trinajstić information content (AvgIpc) is 3.32. The molecule has 120 valence electrons. The summed E-state index contributed by atoms with van der Waals surface area (Å²) >= 11 is 0. The van der Waals surface area contributed by atoms with Crippen molar-refractivity contribution < 1.29 is 4.79 Å². The highest BCUT2D eigenvalue weighted by Gasteiger charge is 2.41. The Morgan fingerprint density at radius 3 is 2.48 bits per heavy atom. The number of amides is 1. The second-order valence-electron chi connectivity index (χ2n) is 7.06. The minimum Gasteiger partial charge on any atom is -0.340 e. The van der Waals surface area contributed by atoms with Gasteiger partial charge in [0, 0.05) is 38.6 Å². The minimum atomic E-state index is 0.319. The molecule has 1 heterocycles. The van der Waals surface area contributed by atoms with Gasteiger partial charge in [-0.2, -0.15) is 0 Å². The van der Waals surface area contributed by atoms with Crippen LogP contribution in [0.4, 0.5) is 0 Å². The molecule has 3 heteroatoms. The van der Waals surface area contributed by atoms with Gasteiger partial charge in [0.25, 0.3) is 0 Å². The van der Waals surface area contributed by atoms with E-state index in [-0.39, 0.29) is 0 Å². The fourth-order valence-electron chi connectivity index (χ4n) is 3.70. The molecule has 1 saturated heterocycles. The molecule has 1 aliphatic heterocycles. The van der Waals surface area contributed by atoms with Crippen molar-refractivity contribution in [3.05, 3.63) is 48.0 Å². The van der Waals surface area contributed by atoms with Crippen molar-refractivity contribution in [2.24, 2.45) is 11.8 Å². The molecule has 1 amide bonds. The highest BCUT2D eigenvalue weighted by atomic mass is 16.2. The molecule has 0 unspecified atom stereocenters. The van der Waals surface area contributed by atoms with E-state index < -0.39 is 0 Å². The van der Waals surface area contributed by atoms with Gasteiger partial charge < -0.3 is 4.90 Å². The highest BCUT2D eigenvalue weighted by molar-refractivity contribution is 5.85. The number of rotatable bonds is 3. The van der Waals surface area contributed by atoms with Crippen molar-refractivity contribution in [3.8, 4) is 0 Å². The standard InChI is InChI=1S/C20H24N2O/c1-15-13-19(15)20(23)22-11-9-21(10-12-22)14-17-7-4-6-16-5-2-3-8-18(16)17/h2-8,15,19H,9-14H2,1H3/t15-,19-/m1/s1. The van der Waals surface area contributed by atoms with Crippen LogP contribution in [0.2, 0.25) is 0 Å². The lowest BCUT2D eigenvalue weighted by Crippen LogP contribution is -2.48. The molecule has 2 atom stereocenters. The normalized spacial score (nSPS) is 24.8. The van der Waals surface area contributed by atoms with E-state index >= 15 is 0 Å². The number of nitrogens with zero attached hydrogens (tertiary/aromatic N) is 2. The van der Waals surface area contributed by atoms with Gasteiger partial charge in [-0.05, 0) is 28.7 Å². The van der Waals surface area contributed by atoms with E-state index in [9.17, 15) is 4.79 Å². The summed E-state index contributed by atoms with van der Waals surface area (Å²) < 4.78 is 0. The smallest absolute Gasteiger partial charge is 0.226 e. The predicted octanol–water partition coefficient (Wildman–Crippen LogP) is 3.14. The van der Waals surface area contributed by atoms with Gasteiger partial charge in [0.2, 0.25) is 5.91 Å². The molecule has 2 aromatic carbocycles. The number of carbonyl (C=O) groups excluding carboxylic acids is 1. The molecular weight excluding hydrogens is 284 g/mol. The first-order valence-corrected chi connectivity index (χ1v) is 8.70. The molecule has 1 aliphatic carbocycles. The van der Waals surface area contributed by atoms with Crippen LogP contribution in [0.1, 0.15) is 18.9 Å². The third-order valence-corrected chi connectivity index (χ3v) is 5.38. The first kappa shape index (κ1) is 14.7. The van der Waals surface area contributed by atoms with E-state index in [1.807, 2.05) is 0 Å². The molecule has 2 aromatic rings. The Bertz CT molecular complexity index is 713. The molecule has 4 rings (SSSR count). The summed E-state index contributed by atoms with van der Waals surface area (Å²) in [6.45, 7) is 6.88. The minimum absolute atomic E-state index is 0.319. The first-order valence-electron chi connectivity index (χ1n) is 8.70. The van der Waals surface area contributed by atoms with Crippen LogP contribution in [0.15, 0.2) is 42.5 Å². The molecule has 2 fully saturated rings. The summed E-state index contributed by atoms with van der Waals surface area (Å²) in [7, 11) is 0. The van der Waals surface area contributed by atoms with Crippen molar-refractivity contribution >= 4 is 16.7 Å². The van der Waals surface area contributed by atoms with Crippen LogP contribution in [-0.4, -0.2) is 41.9 Å². The molecule has 0 spiro atoms. The zero-order chi connectivity index (χ0) is 15.8. The van der Waals surface area contributed by atoms with Gasteiger partial charge in [-0.15, -0.1) is 0 Å². The van der Waals surface area contributed by atoms with Crippen LogP contribution in [0.5, 0.6) is 0 Å². The number of carbonyl (C=O) groups is 1. The van der Waals surface area contributed by atoms with Crippen molar-refractivity contribution in [3.63, 3.8) is 0 Å². The molecule has 0 N–H and O–H groups in total. The van der Waals surface area contributed by atoms with E-state index in [0.717, 1.165) is 39.1 Å². The third-order valence-electron chi connectivity index (χ3n) is 5.38. The van der Waals surface area contributed by atoms with Gasteiger partial charge in [0.1, 0.15) is 0 Å². The van der Waals surface area contributed by atoms with E-state index in [4.69, 9.17) is 0 Å². The lowest BCUT2D eigenvalue weighted by Gasteiger charge is -2.35. The summed E-state index contributed by atoms with van der Waals surface area (Å²) in [6.07, 6.45) is 1.09. The van der Waals surface area contributed by atoms with Crippen molar-refractivity contribution in [2.75, 3.05) is 26.2 Å². The highest BCUT2D eigenvalue weighted by Crippen LogP contribution is 2.39. The number of hydrogen-bond acceptors (Lipinski definition) is 2. The van der Waals surface area contributed by atoms with Crippen LogP contribution < -0.4 is 0 Å². The SMILES string of the molecule is C[C@@H]1C[C@H]1C(=O)N1CCN(Cc2cccc3ccccc23)CC1. The summed E-state index contributed by atoms with van der Waals surface area (Å²) in [5.41, 5.74) is 1.39. The Morgan fingerprint density at radius 2 is 1.74 bits per heavy atom. The molecule has 2 aliphatic rings. The van der Waals surface area contributed by atoms with Gasteiger partial charge in [-0.25, -0.2) is 0 Å². The Hall–Kier alpha value is -1.87. The largest absolute Gasteiger partial charge is 0.340 e. The number of hydrogen-bond donors (Lipinski definition) is 0. The molecule has 3 nitrogen and oxygen atoms in total. The number of benzene rings is 2. The van der Waals surface area contributed by atoms with Crippen LogP contribution >= 0.6 is 0 Å². The summed E-state index contributed by atoms with van der Waals surface area (Å²) in [6, 6.07) is 15.1. The lowest BCUT2D eigenvalue weighted by molar-refractivity contribution is -0.134. The molecule has 23 heavy (non-hydrogen) atoms. The molecule has 1 saturated carbocycles. The van der Waals surface area contributed by atoms with Crippen LogP contribution in [0.25, 0.3) is 10.8 Å². The Kier molecular flexibility index (Phi) is 3.82. The van der Waals surface area contributed by atoms with Crippen LogP contribution in [0.3, 0.4) is 0 Å². The molecular formula is C20H24N2O. The van der Waals surface area contributed by atoms with Crippen molar-refractivity contribution in [1.29, 1.82) is 0 Å². The maximum Gasteiger partial charge on any atom is 0.226 e. The number of piperazine rings is 1. The zero-order valence-electron chi connectivity index (χ0n) is 13.7. The first-order chi connectivity index (χ1) is 11.2. The molecule has 0 aromatic heterocycles. The molecule has 0 radical (unpaired) electrons. The fourth-order valence-corrected chi connectivity index (χ4v) is 3.70. The summed E-state index contributed by atoms with van der Waals surface area (Å²) in [4.78, 5) is 16.9. The van der Waals surface area contributed by atoms with Crippen LogP contribution in [0, 0.1) is 11.8 Å². The maximum absolute atomic E-state index is 12.3. The summed E-state index contributed by atoms with van der Waals surface area (Å²) in [5.74, 6) is 1.32. The Labute approximate surface area is 137 Å². The molecule has 0 bridgehead atoms. The summed E-state index contributed by atoms with van der Waals surface area (Å²) in [5, 5.41) is 2.65. The third kappa shape index (κ3) is 2.98. The second-order valence-corrected chi connectivity index (χ2v) is 7.06. The van der Waals surface area contributed by atoms with E-state index in [1.165, 1.54) is 16.3 Å². The van der Waals surface area contributed by atoms with Gasteiger partial charge in [0.05, 0.1) is 0 Å². The maximum atomic E-state index is 12.3. The number of fused-ring (bicyclic) bond motifs is 1. The second kappa shape index (κ2) is 5.97. The van der Waals surface area contributed by atoms with E-state index in [0.29, 0.717) is 17.7 Å². The Morgan fingerprint density at radius 1 is 1.04 bits per heavy atom. The quantitative estimate of drug-likeness (QED) is 0.869. The van der Waals surface area contributed by atoms with Crippen molar-refractivity contribution in [1.82, 2.24) is 9.80 Å². The van der Waals surface area contributed by atoms with Gasteiger partial charge >= 0.3 is 0 Å². The van der Waals surface area contributed by atoms with Gasteiger partial charge in [0.15, 0.2) is 0 Å². The topological polar surface area (TPSA) is 23.6 Å². The monoisotopic (exact) mass is 308 g/mol. The van der Waals surface area contributed by atoms with Crippen molar-refractivity contribution in [2.45, 2.75) is 19.9 Å². The van der Waals surface area contributed by atoms with Gasteiger partial charge in [-0.1, -0.05) is 49.4 Å². The van der Waals surface area contributed by atoms with E-state index in [2.05, 4.69) is 59.2 Å². The Balaban J connectivity index is 1.40. The van der Waals surface area contributed by atoms with Gasteiger partial charge in [-0.3, -0.25) is 9.69 Å². The lowest BCUT2D eigenvalue weighted by atomic mass is 10.0. The van der Waals surface area contributed by atoms with E-state index in [1.54, 1.807) is 0 Å². The fraction of sp³-hybridized carbons (Fsp3) is 0.450. The zero-order valence-corrected chi connectivity index (χ0v) is 13.7.